The number of fused-ring (bicyclic) bond motifs is 1. The zero-order chi connectivity index (χ0) is 18.6. The molecule has 1 aromatic rings. The molecule has 0 unspecified atom stereocenters. The number of rotatable bonds is 4. The van der Waals surface area contributed by atoms with Crippen molar-refractivity contribution in [3.8, 4) is 0 Å². The highest BCUT2D eigenvalue weighted by atomic mass is 32.2. The van der Waals surface area contributed by atoms with Crippen LogP contribution in [0.25, 0.3) is 0 Å². The molecule has 138 valence electrons. The number of sulfonamides is 1. The molecule has 0 radical (unpaired) electrons. The van der Waals surface area contributed by atoms with Crippen LogP contribution in [0.2, 0.25) is 0 Å². The van der Waals surface area contributed by atoms with Crippen molar-refractivity contribution in [3.63, 3.8) is 0 Å². The van der Waals surface area contributed by atoms with Gasteiger partial charge in [-0.25, -0.2) is 12.7 Å². The van der Waals surface area contributed by atoms with Crippen LogP contribution in [0, 0.1) is 25.2 Å². The maximum atomic E-state index is 12.1. The minimum Gasteiger partial charge on any atom is -0.481 e. The Morgan fingerprint density at radius 1 is 1.36 bits per heavy atom. The van der Waals surface area contributed by atoms with Gasteiger partial charge in [0.05, 0.1) is 11.7 Å². The topological polar surface area (TPSA) is 111 Å². The number of aromatic amines is 1. The smallest absolute Gasteiger partial charge is 0.312 e. The largest absolute Gasteiger partial charge is 0.481 e. The Morgan fingerprint density at radius 2 is 2.04 bits per heavy atom. The second-order valence-electron chi connectivity index (χ2n) is 7.29. The van der Waals surface area contributed by atoms with Gasteiger partial charge in [0.15, 0.2) is 5.43 Å². The van der Waals surface area contributed by atoms with Gasteiger partial charge in [-0.2, -0.15) is 0 Å². The van der Waals surface area contributed by atoms with Crippen LogP contribution in [0.1, 0.15) is 16.8 Å². The number of likely N-dealkylation sites (tertiary alicyclic amines) is 1. The van der Waals surface area contributed by atoms with Crippen LogP contribution in [0.4, 0.5) is 0 Å². The summed E-state index contributed by atoms with van der Waals surface area (Å²) in [6, 6.07) is 0. The van der Waals surface area contributed by atoms with E-state index in [0.29, 0.717) is 24.2 Å². The molecule has 0 spiro atoms. The highest BCUT2D eigenvalue weighted by Crippen LogP contribution is 2.44. The summed E-state index contributed by atoms with van der Waals surface area (Å²) in [6.45, 7) is 4.95. The van der Waals surface area contributed by atoms with Crippen LogP contribution in [0.3, 0.4) is 0 Å². The van der Waals surface area contributed by atoms with E-state index < -0.39 is 21.4 Å². The third-order valence-corrected chi connectivity index (χ3v) is 6.76. The molecule has 0 amide bonds. The molecular formula is C16H23N3O5S. The van der Waals surface area contributed by atoms with E-state index in [9.17, 15) is 23.1 Å². The predicted molar refractivity (Wildman–Crippen MR) is 91.8 cm³/mol. The van der Waals surface area contributed by atoms with E-state index in [1.807, 2.05) is 4.90 Å². The normalized spacial score (nSPS) is 27.6. The number of hydrogen-bond acceptors (Lipinski definition) is 5. The molecular weight excluding hydrogens is 346 g/mol. The number of aryl methyl sites for hydroxylation is 1. The van der Waals surface area contributed by atoms with Crippen molar-refractivity contribution in [2.75, 3.05) is 32.4 Å². The van der Waals surface area contributed by atoms with Crippen LogP contribution >= 0.6 is 0 Å². The van der Waals surface area contributed by atoms with Crippen LogP contribution in [0.15, 0.2) is 11.0 Å². The van der Waals surface area contributed by atoms with Crippen LogP contribution in [-0.4, -0.2) is 66.1 Å². The van der Waals surface area contributed by atoms with Gasteiger partial charge in [0.2, 0.25) is 10.0 Å². The monoisotopic (exact) mass is 369 g/mol. The van der Waals surface area contributed by atoms with E-state index in [4.69, 9.17) is 0 Å². The third kappa shape index (κ3) is 3.00. The molecule has 2 N–H and O–H groups in total. The number of nitrogens with zero attached hydrogens (tertiary/aromatic N) is 2. The van der Waals surface area contributed by atoms with Gasteiger partial charge in [-0.3, -0.25) is 14.5 Å². The Hall–Kier alpha value is -1.71. The first-order valence-corrected chi connectivity index (χ1v) is 9.98. The Kier molecular flexibility index (Phi) is 4.29. The lowest BCUT2D eigenvalue weighted by atomic mass is 9.81. The number of carboxylic acid groups (broad SMARTS) is 1. The maximum Gasteiger partial charge on any atom is 0.312 e. The number of aliphatic carboxylic acids is 1. The van der Waals surface area contributed by atoms with Crippen LogP contribution in [-0.2, 0) is 21.4 Å². The second-order valence-corrected chi connectivity index (χ2v) is 9.27. The Morgan fingerprint density at radius 3 is 2.60 bits per heavy atom. The average Bonchev–Trinajstić information content (AvgIpc) is 3.02. The van der Waals surface area contributed by atoms with Crippen LogP contribution < -0.4 is 5.43 Å². The summed E-state index contributed by atoms with van der Waals surface area (Å²) < 4.78 is 24.9. The van der Waals surface area contributed by atoms with E-state index in [0.717, 1.165) is 11.9 Å². The first-order chi connectivity index (χ1) is 11.5. The molecule has 0 saturated carbocycles. The van der Waals surface area contributed by atoms with Crippen molar-refractivity contribution < 1.29 is 18.3 Å². The van der Waals surface area contributed by atoms with Gasteiger partial charge in [-0.1, -0.05) is 0 Å². The van der Waals surface area contributed by atoms with E-state index in [1.165, 1.54) is 4.31 Å². The third-order valence-electron chi connectivity index (χ3n) is 5.54. The summed E-state index contributed by atoms with van der Waals surface area (Å²) in [5.41, 5.74) is 0.965. The molecule has 2 aliphatic heterocycles. The summed E-state index contributed by atoms with van der Waals surface area (Å²) in [5, 5.41) is 9.77. The molecule has 0 bridgehead atoms. The van der Waals surface area contributed by atoms with Gasteiger partial charge in [-0.05, 0) is 13.8 Å². The van der Waals surface area contributed by atoms with E-state index in [1.54, 1.807) is 20.0 Å². The minimum absolute atomic E-state index is 0.00569. The number of carboxylic acids is 1. The maximum absolute atomic E-state index is 12.1. The van der Waals surface area contributed by atoms with Crippen molar-refractivity contribution in [3.05, 3.63) is 33.2 Å². The molecule has 3 rings (SSSR count). The standard InChI is InChI=1S/C16H23N3O5S/c1-10-4-17-13(11(2)14(10)20)7-18-5-12-6-19(25(3,23)24)9-16(12,8-18)15(21)22/h4,12H,5-9H2,1-3H3,(H,17,20)(H,21,22)/t12-,16-/m1/s1. The number of aromatic nitrogens is 1. The number of pyridine rings is 1. The van der Waals surface area contributed by atoms with Gasteiger partial charge >= 0.3 is 5.97 Å². The summed E-state index contributed by atoms with van der Waals surface area (Å²) in [6.07, 6.45) is 2.78. The number of carbonyl (C=O) groups is 1. The molecule has 2 saturated heterocycles. The van der Waals surface area contributed by atoms with Crippen LogP contribution in [0.5, 0.6) is 0 Å². The molecule has 25 heavy (non-hydrogen) atoms. The Balaban J connectivity index is 1.83. The fourth-order valence-corrected chi connectivity index (χ4v) is 4.90. The number of hydrogen-bond donors (Lipinski definition) is 2. The van der Waals surface area contributed by atoms with Crippen molar-refractivity contribution in [2.45, 2.75) is 20.4 Å². The summed E-state index contributed by atoms with van der Waals surface area (Å²) in [7, 11) is -3.41. The molecule has 0 aromatic carbocycles. The fraction of sp³-hybridized carbons (Fsp3) is 0.625. The summed E-state index contributed by atoms with van der Waals surface area (Å²) >= 11 is 0. The van der Waals surface area contributed by atoms with Crippen molar-refractivity contribution >= 4 is 16.0 Å². The van der Waals surface area contributed by atoms with Gasteiger partial charge in [-0.15, -0.1) is 0 Å². The lowest BCUT2D eigenvalue weighted by Gasteiger charge is -2.25. The highest BCUT2D eigenvalue weighted by Gasteiger charge is 2.59. The molecule has 8 nitrogen and oxygen atoms in total. The number of H-pyrrole nitrogens is 1. The molecule has 0 aliphatic carbocycles. The predicted octanol–water partition coefficient (Wildman–Crippen LogP) is -0.230. The zero-order valence-corrected chi connectivity index (χ0v) is 15.4. The minimum atomic E-state index is -3.41. The Bertz CT molecular complexity index is 878. The molecule has 1 aromatic heterocycles. The number of nitrogens with one attached hydrogen (secondary N) is 1. The van der Waals surface area contributed by atoms with Gasteiger partial charge in [0, 0.05) is 61.7 Å². The van der Waals surface area contributed by atoms with E-state index in [-0.39, 0.29) is 31.0 Å². The fourth-order valence-electron chi connectivity index (χ4n) is 3.99. The summed E-state index contributed by atoms with van der Waals surface area (Å²) in [5.74, 6) is -1.21. The Labute approximate surface area is 146 Å². The molecule has 9 heteroatoms. The van der Waals surface area contributed by atoms with E-state index >= 15 is 0 Å². The zero-order valence-electron chi connectivity index (χ0n) is 14.6. The molecule has 2 atom stereocenters. The highest BCUT2D eigenvalue weighted by molar-refractivity contribution is 7.88. The van der Waals surface area contributed by atoms with Crippen molar-refractivity contribution in [1.29, 1.82) is 0 Å². The van der Waals surface area contributed by atoms with Gasteiger partial charge < -0.3 is 10.1 Å². The van der Waals surface area contributed by atoms with Gasteiger partial charge in [0.1, 0.15) is 0 Å². The molecule has 3 heterocycles. The first-order valence-electron chi connectivity index (χ1n) is 8.13. The first kappa shape index (κ1) is 18.1. The lowest BCUT2D eigenvalue weighted by molar-refractivity contribution is -0.148. The van der Waals surface area contributed by atoms with Crippen molar-refractivity contribution in [2.24, 2.45) is 11.3 Å². The van der Waals surface area contributed by atoms with Crippen molar-refractivity contribution in [1.82, 2.24) is 14.2 Å². The second kappa shape index (κ2) is 5.93. The summed E-state index contributed by atoms with van der Waals surface area (Å²) in [4.78, 5) is 29.1. The lowest BCUT2D eigenvalue weighted by Crippen LogP contribution is -2.41. The van der Waals surface area contributed by atoms with E-state index in [2.05, 4.69) is 4.98 Å². The average molecular weight is 369 g/mol. The quantitative estimate of drug-likeness (QED) is 0.758. The SMILES string of the molecule is Cc1c[nH]c(CN2C[C@@H]3CN(S(C)(=O)=O)C[C@]3(C(=O)O)C2)c(C)c1=O. The van der Waals surface area contributed by atoms with Gasteiger partial charge in [0.25, 0.3) is 0 Å². The molecule has 2 aliphatic rings. The molecule has 2 fully saturated rings.